The van der Waals surface area contributed by atoms with Gasteiger partial charge in [0.2, 0.25) is 0 Å². The van der Waals surface area contributed by atoms with Crippen LogP contribution in [0.2, 0.25) is 0 Å². The Morgan fingerprint density at radius 3 is 2.94 bits per heavy atom. The topological polar surface area (TPSA) is 56.7 Å². The Balaban J connectivity index is 2.10. The van der Waals surface area contributed by atoms with Gasteiger partial charge in [-0.3, -0.25) is 9.67 Å². The molecule has 0 saturated heterocycles. The van der Waals surface area contributed by atoms with Crippen LogP contribution < -0.4 is 5.73 Å². The summed E-state index contributed by atoms with van der Waals surface area (Å²) in [5.74, 6) is 0. The van der Waals surface area contributed by atoms with E-state index in [1.807, 2.05) is 28.5 Å². The fraction of sp³-hybridized carbons (Fsp3) is 0.167. The van der Waals surface area contributed by atoms with E-state index in [4.69, 9.17) is 5.73 Å². The second-order valence-electron chi connectivity index (χ2n) is 3.79. The minimum absolute atomic E-state index is 0.468. The zero-order valence-electron chi connectivity index (χ0n) is 9.21. The van der Waals surface area contributed by atoms with Crippen LogP contribution in [0.4, 0.5) is 0 Å². The van der Waals surface area contributed by atoms with E-state index in [9.17, 15) is 0 Å². The van der Waals surface area contributed by atoms with Crippen LogP contribution in [0.5, 0.6) is 0 Å². The molecule has 5 heteroatoms. The molecule has 0 spiro atoms. The third-order valence-electron chi connectivity index (χ3n) is 2.72. The lowest BCUT2D eigenvalue weighted by Crippen LogP contribution is -2.02. The predicted octanol–water partition coefficient (Wildman–Crippen LogP) is 2.00. The van der Waals surface area contributed by atoms with Crippen LogP contribution in [0.25, 0.3) is 10.9 Å². The summed E-state index contributed by atoms with van der Waals surface area (Å²) in [5.41, 5.74) is 9.63. The summed E-state index contributed by atoms with van der Waals surface area (Å²) in [7, 11) is 0. The fourth-order valence-electron chi connectivity index (χ4n) is 1.94. The van der Waals surface area contributed by atoms with Crippen LogP contribution in [0.1, 0.15) is 10.6 Å². The van der Waals surface area contributed by atoms with Gasteiger partial charge in [0.15, 0.2) is 0 Å². The normalized spacial score (nSPS) is 11.1. The zero-order valence-corrected chi connectivity index (χ0v) is 10.0. The van der Waals surface area contributed by atoms with Gasteiger partial charge in [-0.05, 0) is 6.07 Å². The predicted molar refractivity (Wildman–Crippen MR) is 68.8 cm³/mol. The molecule has 86 valence electrons. The van der Waals surface area contributed by atoms with Crippen molar-refractivity contribution in [1.82, 2.24) is 14.8 Å². The second kappa shape index (κ2) is 4.27. The highest BCUT2D eigenvalue weighted by molar-refractivity contribution is 7.09. The summed E-state index contributed by atoms with van der Waals surface area (Å²) in [6.45, 7) is 1.22. The molecule has 4 nitrogen and oxygen atoms in total. The molecule has 1 aromatic carbocycles. The summed E-state index contributed by atoms with van der Waals surface area (Å²) in [6.07, 6.45) is 1.88. The molecule has 0 radical (unpaired) electrons. The number of benzene rings is 1. The monoisotopic (exact) mass is 244 g/mol. The first-order valence-electron chi connectivity index (χ1n) is 5.40. The van der Waals surface area contributed by atoms with Crippen molar-refractivity contribution in [1.29, 1.82) is 0 Å². The Bertz CT molecular complexity index is 627. The maximum atomic E-state index is 5.72. The minimum atomic E-state index is 0.468. The zero-order chi connectivity index (χ0) is 11.7. The van der Waals surface area contributed by atoms with Crippen LogP contribution in [0, 0.1) is 0 Å². The molecule has 3 aromatic rings. The van der Waals surface area contributed by atoms with Gasteiger partial charge in [0.25, 0.3) is 0 Å². The molecule has 0 atom stereocenters. The Hall–Kier alpha value is -1.72. The number of aromatic nitrogens is 3. The van der Waals surface area contributed by atoms with Gasteiger partial charge in [-0.1, -0.05) is 18.2 Å². The largest absolute Gasteiger partial charge is 0.325 e. The Kier molecular flexibility index (Phi) is 2.62. The van der Waals surface area contributed by atoms with Crippen LogP contribution in [0.15, 0.2) is 36.0 Å². The van der Waals surface area contributed by atoms with Gasteiger partial charge < -0.3 is 5.73 Å². The molecule has 0 fully saturated rings. The molecule has 3 rings (SSSR count). The highest BCUT2D eigenvalue weighted by Crippen LogP contribution is 2.19. The van der Waals surface area contributed by atoms with Crippen molar-refractivity contribution in [3.8, 4) is 0 Å². The standard InChI is InChI=1S/C12H12N4S/c13-5-11-10-3-1-2-4-12(10)16(15-11)7-9-6-14-8-17-9/h1-4,6,8H,5,7,13H2. The second-order valence-corrected chi connectivity index (χ2v) is 4.76. The van der Waals surface area contributed by atoms with Crippen molar-refractivity contribution in [2.24, 2.45) is 5.73 Å². The number of fused-ring (bicyclic) bond motifs is 1. The molecule has 0 amide bonds. The smallest absolute Gasteiger partial charge is 0.0839 e. The Labute approximate surface area is 103 Å². The van der Waals surface area contributed by atoms with Crippen molar-refractivity contribution in [2.45, 2.75) is 13.1 Å². The summed E-state index contributed by atoms with van der Waals surface area (Å²) >= 11 is 1.64. The minimum Gasteiger partial charge on any atom is -0.325 e. The molecule has 0 bridgehead atoms. The van der Waals surface area contributed by atoms with Gasteiger partial charge in [-0.25, -0.2) is 0 Å². The van der Waals surface area contributed by atoms with Gasteiger partial charge in [-0.15, -0.1) is 11.3 Å². The molecule has 0 saturated carbocycles. The van der Waals surface area contributed by atoms with Gasteiger partial charge in [0.05, 0.1) is 23.3 Å². The first-order chi connectivity index (χ1) is 8.38. The summed E-state index contributed by atoms with van der Waals surface area (Å²) < 4.78 is 1.99. The van der Waals surface area contributed by atoms with Crippen molar-refractivity contribution < 1.29 is 0 Å². The molecular formula is C12H12N4S. The van der Waals surface area contributed by atoms with E-state index in [1.54, 1.807) is 11.3 Å². The molecular weight excluding hydrogens is 232 g/mol. The van der Waals surface area contributed by atoms with E-state index in [0.29, 0.717) is 6.54 Å². The fourth-order valence-corrected chi connectivity index (χ4v) is 2.51. The molecule has 0 aliphatic rings. The highest BCUT2D eigenvalue weighted by atomic mass is 32.1. The molecule has 2 N–H and O–H groups in total. The maximum absolute atomic E-state index is 5.72. The van der Waals surface area contributed by atoms with Crippen LogP contribution >= 0.6 is 11.3 Å². The van der Waals surface area contributed by atoms with Gasteiger partial charge >= 0.3 is 0 Å². The van der Waals surface area contributed by atoms with Crippen LogP contribution in [0.3, 0.4) is 0 Å². The third kappa shape index (κ3) is 1.83. The number of nitrogens with zero attached hydrogens (tertiary/aromatic N) is 3. The van der Waals surface area contributed by atoms with E-state index in [0.717, 1.165) is 23.1 Å². The summed E-state index contributed by atoms with van der Waals surface area (Å²) in [4.78, 5) is 5.27. The Morgan fingerprint density at radius 1 is 1.29 bits per heavy atom. The highest BCUT2D eigenvalue weighted by Gasteiger charge is 2.09. The van der Waals surface area contributed by atoms with Gasteiger partial charge in [-0.2, -0.15) is 5.10 Å². The maximum Gasteiger partial charge on any atom is 0.0839 e. The van der Waals surface area contributed by atoms with E-state index in [1.165, 1.54) is 4.88 Å². The number of rotatable bonds is 3. The lowest BCUT2D eigenvalue weighted by Gasteiger charge is -1.99. The number of thiazole rings is 1. The third-order valence-corrected chi connectivity index (χ3v) is 3.48. The van der Waals surface area contributed by atoms with Crippen LogP contribution in [-0.2, 0) is 13.1 Å². The number of para-hydroxylation sites is 1. The van der Waals surface area contributed by atoms with Crippen molar-refractivity contribution >= 4 is 22.2 Å². The van der Waals surface area contributed by atoms with Crippen molar-refractivity contribution in [3.63, 3.8) is 0 Å². The van der Waals surface area contributed by atoms with E-state index < -0.39 is 0 Å². The molecule has 0 aliphatic carbocycles. The first-order valence-corrected chi connectivity index (χ1v) is 6.28. The van der Waals surface area contributed by atoms with E-state index in [2.05, 4.69) is 22.2 Å². The molecule has 2 heterocycles. The van der Waals surface area contributed by atoms with Crippen LogP contribution in [-0.4, -0.2) is 14.8 Å². The summed E-state index contributed by atoms with van der Waals surface area (Å²) in [5, 5.41) is 5.69. The molecule has 17 heavy (non-hydrogen) atoms. The molecule has 2 aromatic heterocycles. The number of hydrogen-bond donors (Lipinski definition) is 1. The van der Waals surface area contributed by atoms with Gasteiger partial charge in [0, 0.05) is 23.0 Å². The quantitative estimate of drug-likeness (QED) is 0.766. The molecule has 0 unspecified atom stereocenters. The van der Waals surface area contributed by atoms with E-state index in [-0.39, 0.29) is 0 Å². The van der Waals surface area contributed by atoms with Crippen molar-refractivity contribution in [3.05, 3.63) is 46.5 Å². The average molecular weight is 244 g/mol. The van der Waals surface area contributed by atoms with E-state index >= 15 is 0 Å². The Morgan fingerprint density at radius 2 is 2.18 bits per heavy atom. The lowest BCUT2D eigenvalue weighted by atomic mass is 10.2. The van der Waals surface area contributed by atoms with Crippen molar-refractivity contribution in [2.75, 3.05) is 0 Å². The average Bonchev–Trinajstić information content (AvgIpc) is 2.98. The SMILES string of the molecule is NCc1nn(Cc2cncs2)c2ccccc12. The number of hydrogen-bond acceptors (Lipinski definition) is 4. The lowest BCUT2D eigenvalue weighted by molar-refractivity contribution is 0.700. The first kappa shape index (κ1) is 10.4. The number of nitrogens with two attached hydrogens (primary N) is 1. The van der Waals surface area contributed by atoms with Gasteiger partial charge in [0.1, 0.15) is 0 Å². The molecule has 0 aliphatic heterocycles. The summed E-state index contributed by atoms with van der Waals surface area (Å²) in [6, 6.07) is 8.17.